The number of aryl methyl sites for hydroxylation is 1. The molecule has 5 rings (SSSR count). The molecule has 9 nitrogen and oxygen atoms in total. The van der Waals surface area contributed by atoms with E-state index in [1.54, 1.807) is 10.9 Å². The predicted molar refractivity (Wildman–Crippen MR) is 104 cm³/mol. The van der Waals surface area contributed by atoms with E-state index >= 15 is 0 Å². The molecule has 1 atom stereocenters. The van der Waals surface area contributed by atoms with Gasteiger partial charge in [-0.3, -0.25) is 4.98 Å². The van der Waals surface area contributed by atoms with E-state index in [1.165, 1.54) is 0 Å². The fourth-order valence-corrected chi connectivity index (χ4v) is 4.03. The smallest absolute Gasteiger partial charge is 0.188 e. The van der Waals surface area contributed by atoms with Gasteiger partial charge in [-0.25, -0.2) is 9.83 Å². The molecular weight excluding hydrogens is 354 g/mol. The van der Waals surface area contributed by atoms with Crippen molar-refractivity contribution in [3.63, 3.8) is 0 Å². The van der Waals surface area contributed by atoms with E-state index in [9.17, 15) is 0 Å². The maximum atomic E-state index is 7.38. The van der Waals surface area contributed by atoms with Crippen LogP contribution in [0.15, 0.2) is 24.4 Å². The van der Waals surface area contributed by atoms with Crippen molar-refractivity contribution < 1.29 is 0 Å². The molecule has 0 radical (unpaired) electrons. The van der Waals surface area contributed by atoms with Gasteiger partial charge in [0.05, 0.1) is 23.8 Å². The lowest BCUT2D eigenvalue weighted by atomic mass is 10.1. The van der Waals surface area contributed by atoms with Gasteiger partial charge in [0, 0.05) is 18.0 Å². The molecule has 140 valence electrons. The van der Waals surface area contributed by atoms with Crippen LogP contribution in [0.2, 0.25) is 0 Å². The maximum absolute atomic E-state index is 7.38. The molecule has 0 amide bonds. The molecule has 9 heteroatoms. The molecular formula is C19H19N9. The number of hydrogen-bond donors (Lipinski definition) is 0. The number of imidazole rings is 1. The van der Waals surface area contributed by atoms with Gasteiger partial charge < -0.3 is 9.47 Å². The minimum Gasteiger partial charge on any atom is -0.321 e. The van der Waals surface area contributed by atoms with Gasteiger partial charge in [-0.1, -0.05) is 6.07 Å². The SMILES string of the molecule is [C-]#[N+]c1ccc2ncc3nc(Cn4nnc(C)n4)n([C@@H]4CCN(C)C4)c3c2c1. The van der Waals surface area contributed by atoms with Crippen LogP contribution in [-0.2, 0) is 6.54 Å². The van der Waals surface area contributed by atoms with E-state index in [2.05, 4.69) is 41.8 Å². The van der Waals surface area contributed by atoms with Crippen LogP contribution in [0, 0.1) is 13.5 Å². The number of fused-ring (bicyclic) bond motifs is 3. The molecule has 0 saturated carbocycles. The highest BCUT2D eigenvalue weighted by Crippen LogP contribution is 2.33. The molecule has 0 bridgehead atoms. The zero-order chi connectivity index (χ0) is 19.3. The summed E-state index contributed by atoms with van der Waals surface area (Å²) in [7, 11) is 2.14. The van der Waals surface area contributed by atoms with Crippen molar-refractivity contribution >= 4 is 27.6 Å². The third kappa shape index (κ3) is 2.70. The van der Waals surface area contributed by atoms with Crippen LogP contribution in [-0.4, -0.2) is 59.8 Å². The standard InChI is InChI=1S/C19H19N9/c1-12-23-25-27(24-12)11-18-22-17-9-21-16-5-4-13(20-2)8-15(16)19(17)28(18)14-6-7-26(3)10-14/h4-5,8-9,14H,6-7,10-11H2,1,3H3/t14-/m1/s1. The van der Waals surface area contributed by atoms with Crippen molar-refractivity contribution in [3.05, 3.63) is 47.5 Å². The van der Waals surface area contributed by atoms with Gasteiger partial charge >= 0.3 is 0 Å². The summed E-state index contributed by atoms with van der Waals surface area (Å²) in [4.78, 5) is 16.9. The van der Waals surface area contributed by atoms with Crippen LogP contribution < -0.4 is 0 Å². The molecule has 1 aliphatic heterocycles. The topological polar surface area (TPSA) is 81.9 Å². The molecule has 1 aromatic carbocycles. The number of aromatic nitrogens is 7. The summed E-state index contributed by atoms with van der Waals surface area (Å²) in [6.07, 6.45) is 2.86. The zero-order valence-corrected chi connectivity index (χ0v) is 15.7. The van der Waals surface area contributed by atoms with E-state index in [1.807, 2.05) is 25.3 Å². The second-order valence-electron chi connectivity index (χ2n) is 7.28. The molecule has 0 unspecified atom stereocenters. The minimum atomic E-state index is 0.303. The largest absolute Gasteiger partial charge is 0.321 e. The highest BCUT2D eigenvalue weighted by molar-refractivity contribution is 6.03. The first kappa shape index (κ1) is 16.8. The number of hydrogen-bond acceptors (Lipinski definition) is 6. The number of rotatable bonds is 3. The molecule has 1 fully saturated rings. The van der Waals surface area contributed by atoms with Crippen LogP contribution in [0.25, 0.3) is 26.8 Å². The van der Waals surface area contributed by atoms with Crippen molar-refractivity contribution in [1.29, 1.82) is 0 Å². The Morgan fingerprint density at radius 3 is 2.89 bits per heavy atom. The molecule has 3 aromatic heterocycles. The molecule has 1 saturated heterocycles. The highest BCUT2D eigenvalue weighted by Gasteiger charge is 2.27. The van der Waals surface area contributed by atoms with Crippen LogP contribution in [0.5, 0.6) is 0 Å². The summed E-state index contributed by atoms with van der Waals surface area (Å²) in [6.45, 7) is 11.6. The number of likely N-dealkylation sites (tertiary alicyclic amines) is 1. The Labute approximate surface area is 161 Å². The first-order valence-corrected chi connectivity index (χ1v) is 9.22. The Morgan fingerprint density at radius 1 is 1.29 bits per heavy atom. The first-order valence-electron chi connectivity index (χ1n) is 9.22. The van der Waals surface area contributed by atoms with Crippen molar-refractivity contribution in [2.45, 2.75) is 25.9 Å². The van der Waals surface area contributed by atoms with E-state index in [0.29, 0.717) is 24.1 Å². The predicted octanol–water partition coefficient (Wildman–Crippen LogP) is 2.36. The summed E-state index contributed by atoms with van der Waals surface area (Å²) in [5, 5.41) is 13.4. The lowest BCUT2D eigenvalue weighted by Crippen LogP contribution is -2.19. The molecule has 0 spiro atoms. The van der Waals surface area contributed by atoms with Crippen LogP contribution in [0.3, 0.4) is 0 Å². The monoisotopic (exact) mass is 373 g/mol. The molecule has 0 N–H and O–H groups in total. The summed E-state index contributed by atoms with van der Waals surface area (Å²) >= 11 is 0. The van der Waals surface area contributed by atoms with E-state index in [4.69, 9.17) is 11.6 Å². The van der Waals surface area contributed by atoms with Gasteiger partial charge in [-0.05, 0) is 44.3 Å². The van der Waals surface area contributed by atoms with Crippen molar-refractivity contribution in [1.82, 2.24) is 39.6 Å². The average Bonchev–Trinajstić information content (AvgIpc) is 3.39. The molecule has 4 aromatic rings. The summed E-state index contributed by atoms with van der Waals surface area (Å²) in [5.74, 6) is 1.52. The van der Waals surface area contributed by atoms with Crippen molar-refractivity contribution in [3.8, 4) is 0 Å². The lowest BCUT2D eigenvalue weighted by Gasteiger charge is -2.17. The van der Waals surface area contributed by atoms with Crippen molar-refractivity contribution in [2.24, 2.45) is 0 Å². The van der Waals surface area contributed by atoms with Crippen LogP contribution in [0.4, 0.5) is 5.69 Å². The second-order valence-corrected chi connectivity index (χ2v) is 7.28. The van der Waals surface area contributed by atoms with E-state index in [0.717, 1.165) is 47.3 Å². The van der Waals surface area contributed by atoms with E-state index in [-0.39, 0.29) is 0 Å². The molecule has 0 aliphatic carbocycles. The number of benzene rings is 1. The summed E-state index contributed by atoms with van der Waals surface area (Å²) in [6, 6.07) is 5.93. The van der Waals surface area contributed by atoms with Gasteiger partial charge in [-0.15, -0.1) is 10.2 Å². The highest BCUT2D eigenvalue weighted by atomic mass is 15.6. The van der Waals surface area contributed by atoms with Crippen LogP contribution in [0.1, 0.15) is 24.1 Å². The third-order valence-electron chi connectivity index (χ3n) is 5.27. The van der Waals surface area contributed by atoms with E-state index < -0.39 is 0 Å². The average molecular weight is 373 g/mol. The first-order chi connectivity index (χ1) is 13.6. The van der Waals surface area contributed by atoms with Crippen LogP contribution >= 0.6 is 0 Å². The maximum Gasteiger partial charge on any atom is 0.188 e. The van der Waals surface area contributed by atoms with Gasteiger partial charge in [0.25, 0.3) is 0 Å². The Bertz CT molecular complexity index is 1230. The fraction of sp³-hybridized carbons (Fsp3) is 0.368. The van der Waals surface area contributed by atoms with Gasteiger partial charge in [0.15, 0.2) is 11.5 Å². The molecule has 28 heavy (non-hydrogen) atoms. The van der Waals surface area contributed by atoms with Crippen molar-refractivity contribution in [2.75, 3.05) is 20.1 Å². The Kier molecular flexibility index (Phi) is 3.80. The van der Waals surface area contributed by atoms with Gasteiger partial charge in [0.1, 0.15) is 17.9 Å². The summed E-state index contributed by atoms with van der Waals surface area (Å²) < 4.78 is 2.30. The minimum absolute atomic E-state index is 0.303. The normalized spacial score (nSPS) is 17.5. The quantitative estimate of drug-likeness (QED) is 0.513. The molecule has 1 aliphatic rings. The Balaban J connectivity index is 1.76. The molecule has 4 heterocycles. The number of tetrazole rings is 1. The number of nitrogens with zero attached hydrogens (tertiary/aromatic N) is 9. The Hall–Kier alpha value is -3.38. The Morgan fingerprint density at radius 2 is 2.18 bits per heavy atom. The third-order valence-corrected chi connectivity index (χ3v) is 5.27. The number of pyridine rings is 1. The zero-order valence-electron chi connectivity index (χ0n) is 15.7. The fourth-order valence-electron chi connectivity index (χ4n) is 4.03. The second kappa shape index (κ2) is 6.35. The van der Waals surface area contributed by atoms with Gasteiger partial charge in [-0.2, -0.15) is 4.80 Å². The summed E-state index contributed by atoms with van der Waals surface area (Å²) in [5.41, 5.74) is 3.33. The van der Waals surface area contributed by atoms with Gasteiger partial charge in [0.2, 0.25) is 0 Å². The lowest BCUT2D eigenvalue weighted by molar-refractivity contribution is 0.389. The number of likely N-dealkylation sites (N-methyl/N-ethyl adjacent to an activating group) is 1.